The molecule has 27 heavy (non-hydrogen) atoms. The molecule has 3 aliphatic rings. The van der Waals surface area contributed by atoms with Crippen LogP contribution in [0.1, 0.15) is 80.4 Å². The van der Waals surface area contributed by atoms with Crippen molar-refractivity contribution >= 4 is 11.8 Å². The monoisotopic (exact) mass is 370 g/mol. The van der Waals surface area contributed by atoms with Crippen LogP contribution in [0.25, 0.3) is 0 Å². The Morgan fingerprint density at radius 1 is 1.22 bits per heavy atom. The molecule has 146 valence electrons. The van der Waals surface area contributed by atoms with Gasteiger partial charge in [0.15, 0.2) is 0 Å². The predicted molar refractivity (Wildman–Crippen MR) is 102 cm³/mol. The molecular weight excluding hydrogens is 340 g/mol. The molecule has 1 spiro atoms. The van der Waals surface area contributed by atoms with Gasteiger partial charge in [0.05, 0.1) is 5.56 Å². The van der Waals surface area contributed by atoms with Gasteiger partial charge >= 0.3 is 0 Å². The SMILES string of the molecule is CCCCN1C[C@@]2(CCCN(C(=O)c3cnc(C4CC4)nc3)C2)CCC1=O. The molecule has 2 saturated heterocycles. The highest BCUT2D eigenvalue weighted by atomic mass is 16.2. The van der Waals surface area contributed by atoms with E-state index in [-0.39, 0.29) is 17.2 Å². The van der Waals surface area contributed by atoms with Gasteiger partial charge in [-0.25, -0.2) is 9.97 Å². The van der Waals surface area contributed by atoms with Gasteiger partial charge in [-0.05, 0) is 38.5 Å². The highest BCUT2D eigenvalue weighted by molar-refractivity contribution is 5.93. The molecule has 6 heteroatoms. The van der Waals surface area contributed by atoms with Gasteiger partial charge < -0.3 is 9.80 Å². The molecule has 2 aliphatic heterocycles. The van der Waals surface area contributed by atoms with Crippen molar-refractivity contribution in [3.63, 3.8) is 0 Å². The average molecular weight is 370 g/mol. The van der Waals surface area contributed by atoms with E-state index in [1.54, 1.807) is 12.4 Å². The molecule has 1 saturated carbocycles. The van der Waals surface area contributed by atoms with Crippen molar-refractivity contribution in [3.05, 3.63) is 23.8 Å². The number of unbranched alkanes of at least 4 members (excludes halogenated alkanes) is 1. The van der Waals surface area contributed by atoms with Crippen LogP contribution in [0.5, 0.6) is 0 Å². The third-order valence-corrected chi connectivity index (χ3v) is 6.34. The van der Waals surface area contributed by atoms with E-state index in [0.29, 0.717) is 17.9 Å². The first-order chi connectivity index (χ1) is 13.1. The smallest absolute Gasteiger partial charge is 0.257 e. The van der Waals surface area contributed by atoms with Crippen LogP contribution in [0.15, 0.2) is 12.4 Å². The Bertz CT molecular complexity index is 701. The molecule has 1 aromatic rings. The maximum absolute atomic E-state index is 13.0. The van der Waals surface area contributed by atoms with E-state index in [9.17, 15) is 9.59 Å². The Kier molecular flexibility index (Phi) is 5.15. The summed E-state index contributed by atoms with van der Waals surface area (Å²) in [5, 5.41) is 0. The van der Waals surface area contributed by atoms with Gasteiger partial charge in [0.25, 0.3) is 5.91 Å². The molecule has 0 N–H and O–H groups in total. The molecule has 1 atom stereocenters. The largest absolute Gasteiger partial charge is 0.342 e. The fourth-order valence-corrected chi connectivity index (χ4v) is 4.55. The Hall–Kier alpha value is -1.98. The molecule has 0 unspecified atom stereocenters. The highest BCUT2D eigenvalue weighted by Gasteiger charge is 2.42. The van der Waals surface area contributed by atoms with Gasteiger partial charge in [-0.2, -0.15) is 0 Å². The molecule has 0 aromatic carbocycles. The van der Waals surface area contributed by atoms with E-state index in [2.05, 4.69) is 16.9 Å². The summed E-state index contributed by atoms with van der Waals surface area (Å²) in [4.78, 5) is 38.1. The first-order valence-electron chi connectivity index (χ1n) is 10.5. The lowest BCUT2D eigenvalue weighted by molar-refractivity contribution is -0.139. The molecule has 6 nitrogen and oxygen atoms in total. The van der Waals surface area contributed by atoms with Crippen LogP contribution in [-0.4, -0.2) is 57.8 Å². The maximum Gasteiger partial charge on any atom is 0.257 e. The molecule has 3 fully saturated rings. The summed E-state index contributed by atoms with van der Waals surface area (Å²) >= 11 is 0. The fourth-order valence-electron chi connectivity index (χ4n) is 4.55. The number of aromatic nitrogens is 2. The minimum absolute atomic E-state index is 0.0356. The highest BCUT2D eigenvalue weighted by Crippen LogP contribution is 2.40. The van der Waals surface area contributed by atoms with Crippen molar-refractivity contribution in [2.24, 2.45) is 5.41 Å². The van der Waals surface area contributed by atoms with Gasteiger partial charge in [0.1, 0.15) is 5.82 Å². The summed E-state index contributed by atoms with van der Waals surface area (Å²) in [6.07, 6.45) is 11.5. The Balaban J connectivity index is 1.43. The summed E-state index contributed by atoms with van der Waals surface area (Å²) in [6.45, 7) is 5.33. The molecule has 1 aliphatic carbocycles. The summed E-state index contributed by atoms with van der Waals surface area (Å²) in [6, 6.07) is 0. The van der Waals surface area contributed by atoms with Gasteiger partial charge in [0, 0.05) is 56.3 Å². The molecule has 2 amide bonds. The Labute approximate surface area is 161 Å². The Morgan fingerprint density at radius 3 is 2.70 bits per heavy atom. The van der Waals surface area contributed by atoms with E-state index >= 15 is 0 Å². The molecule has 3 heterocycles. The second kappa shape index (κ2) is 7.56. The van der Waals surface area contributed by atoms with E-state index in [1.165, 1.54) is 0 Å². The van der Waals surface area contributed by atoms with E-state index in [4.69, 9.17) is 0 Å². The predicted octanol–water partition coefficient (Wildman–Crippen LogP) is 3.00. The zero-order valence-electron chi connectivity index (χ0n) is 16.3. The number of rotatable bonds is 5. The number of hydrogen-bond donors (Lipinski definition) is 0. The molecule has 0 radical (unpaired) electrons. The first-order valence-corrected chi connectivity index (χ1v) is 10.5. The third kappa shape index (κ3) is 3.99. The number of piperidine rings is 2. The van der Waals surface area contributed by atoms with Crippen molar-refractivity contribution in [2.45, 2.75) is 64.2 Å². The Morgan fingerprint density at radius 2 is 2.00 bits per heavy atom. The zero-order valence-corrected chi connectivity index (χ0v) is 16.3. The first kappa shape index (κ1) is 18.4. The number of nitrogens with zero attached hydrogens (tertiary/aromatic N) is 4. The van der Waals surface area contributed by atoms with Crippen LogP contribution in [0.3, 0.4) is 0 Å². The van der Waals surface area contributed by atoms with Gasteiger partial charge in [-0.3, -0.25) is 9.59 Å². The molecule has 1 aromatic heterocycles. The van der Waals surface area contributed by atoms with Crippen molar-refractivity contribution in [1.82, 2.24) is 19.8 Å². The number of likely N-dealkylation sites (tertiary alicyclic amines) is 2. The van der Waals surface area contributed by atoms with Crippen LogP contribution >= 0.6 is 0 Å². The molecule has 0 bridgehead atoms. The van der Waals surface area contributed by atoms with Crippen molar-refractivity contribution in [2.75, 3.05) is 26.2 Å². The summed E-state index contributed by atoms with van der Waals surface area (Å²) < 4.78 is 0. The van der Waals surface area contributed by atoms with Crippen molar-refractivity contribution < 1.29 is 9.59 Å². The number of carbonyl (C=O) groups excluding carboxylic acids is 2. The average Bonchev–Trinajstić information content (AvgIpc) is 3.54. The zero-order chi connectivity index (χ0) is 18.9. The molecule has 4 rings (SSSR count). The minimum atomic E-state index is 0.0356. The summed E-state index contributed by atoms with van der Waals surface area (Å²) in [7, 11) is 0. The number of carbonyl (C=O) groups is 2. The van der Waals surface area contributed by atoms with Crippen LogP contribution in [0.2, 0.25) is 0 Å². The summed E-state index contributed by atoms with van der Waals surface area (Å²) in [5.41, 5.74) is 0.649. The minimum Gasteiger partial charge on any atom is -0.342 e. The van der Waals surface area contributed by atoms with Crippen molar-refractivity contribution in [3.8, 4) is 0 Å². The van der Waals surface area contributed by atoms with Gasteiger partial charge in [-0.15, -0.1) is 0 Å². The third-order valence-electron chi connectivity index (χ3n) is 6.34. The topological polar surface area (TPSA) is 66.4 Å². The fraction of sp³-hybridized carbons (Fsp3) is 0.714. The lowest BCUT2D eigenvalue weighted by atomic mass is 9.73. The maximum atomic E-state index is 13.0. The second-order valence-corrected chi connectivity index (χ2v) is 8.60. The van der Waals surface area contributed by atoms with E-state index in [1.807, 2.05) is 9.80 Å². The summed E-state index contributed by atoms with van der Waals surface area (Å²) in [5.74, 6) is 1.69. The van der Waals surface area contributed by atoms with Crippen LogP contribution in [0.4, 0.5) is 0 Å². The second-order valence-electron chi connectivity index (χ2n) is 8.60. The quantitative estimate of drug-likeness (QED) is 0.799. The standard InChI is InChI=1S/C21H30N4O2/c1-2-3-10-24-14-21(9-7-18(24)26)8-4-11-25(15-21)20(27)17-12-22-19(23-13-17)16-5-6-16/h12-13,16H,2-11,14-15H2,1H3/t21-/m1/s1. The van der Waals surface area contributed by atoms with Crippen LogP contribution in [-0.2, 0) is 4.79 Å². The lowest BCUT2D eigenvalue weighted by Gasteiger charge is -2.48. The lowest BCUT2D eigenvalue weighted by Crippen LogP contribution is -2.55. The van der Waals surface area contributed by atoms with Crippen LogP contribution < -0.4 is 0 Å². The number of hydrogen-bond acceptors (Lipinski definition) is 4. The van der Waals surface area contributed by atoms with Crippen molar-refractivity contribution in [1.29, 1.82) is 0 Å². The van der Waals surface area contributed by atoms with Gasteiger partial charge in [-0.1, -0.05) is 13.3 Å². The van der Waals surface area contributed by atoms with Gasteiger partial charge in [0.2, 0.25) is 5.91 Å². The normalized spacial score (nSPS) is 25.9. The van der Waals surface area contributed by atoms with E-state index in [0.717, 1.165) is 76.9 Å². The number of amides is 2. The molecular formula is C21H30N4O2. The van der Waals surface area contributed by atoms with E-state index < -0.39 is 0 Å². The van der Waals surface area contributed by atoms with Crippen LogP contribution in [0, 0.1) is 5.41 Å².